The van der Waals surface area contributed by atoms with Crippen molar-refractivity contribution in [2.24, 2.45) is 5.92 Å². The molecule has 1 unspecified atom stereocenters. The fraction of sp³-hybridized carbons (Fsp3) is 0.333. The number of alkyl carbamates (subject to hydrolysis) is 1. The van der Waals surface area contributed by atoms with Gasteiger partial charge >= 0.3 is 6.09 Å². The second-order valence-corrected chi connectivity index (χ2v) is 11.7. The molecule has 0 spiro atoms. The van der Waals surface area contributed by atoms with Gasteiger partial charge in [0.25, 0.3) is 0 Å². The van der Waals surface area contributed by atoms with Crippen molar-refractivity contribution in [3.63, 3.8) is 0 Å². The van der Waals surface area contributed by atoms with Gasteiger partial charge < -0.3 is 25.1 Å². The van der Waals surface area contributed by atoms with E-state index in [9.17, 15) is 19.2 Å². The molecule has 234 valence electrons. The number of ether oxygens (including phenoxy) is 2. The predicted molar refractivity (Wildman–Crippen MR) is 170 cm³/mol. The van der Waals surface area contributed by atoms with Gasteiger partial charge in [0, 0.05) is 29.4 Å². The molecule has 45 heavy (non-hydrogen) atoms. The van der Waals surface area contributed by atoms with Crippen molar-refractivity contribution < 1.29 is 28.7 Å². The number of amides is 2. The van der Waals surface area contributed by atoms with Crippen LogP contribution in [0.25, 0.3) is 10.9 Å². The van der Waals surface area contributed by atoms with Crippen LogP contribution in [0.3, 0.4) is 0 Å². The first-order valence-electron chi connectivity index (χ1n) is 15.3. The molecule has 1 aliphatic rings. The Morgan fingerprint density at radius 3 is 2.18 bits per heavy atom. The highest BCUT2D eigenvalue weighted by Crippen LogP contribution is 2.30. The minimum absolute atomic E-state index is 0.0718. The van der Waals surface area contributed by atoms with Crippen LogP contribution >= 0.6 is 0 Å². The molecule has 0 aliphatic carbocycles. The molecule has 1 aromatic heterocycles. The van der Waals surface area contributed by atoms with E-state index in [-0.39, 0.29) is 31.0 Å². The number of Topliss-reactive ketones (excluding diaryl/α,β-unsaturated/α-hetero) is 2. The molecule has 3 aromatic carbocycles. The van der Waals surface area contributed by atoms with Crippen molar-refractivity contribution in [1.82, 2.24) is 15.6 Å². The van der Waals surface area contributed by atoms with Crippen molar-refractivity contribution in [1.29, 1.82) is 0 Å². The van der Waals surface area contributed by atoms with E-state index in [4.69, 9.17) is 9.47 Å². The van der Waals surface area contributed by atoms with Crippen LogP contribution in [0.4, 0.5) is 4.79 Å². The monoisotopic (exact) mass is 609 g/mol. The van der Waals surface area contributed by atoms with Gasteiger partial charge in [0.15, 0.2) is 11.6 Å². The number of hydrogen-bond acceptors (Lipinski definition) is 6. The minimum Gasteiger partial charge on any atom is -0.445 e. The third-order valence-electron chi connectivity index (χ3n) is 8.28. The van der Waals surface area contributed by atoms with Crippen molar-refractivity contribution >= 4 is 34.5 Å². The highest BCUT2D eigenvalue weighted by Gasteiger charge is 2.50. The lowest BCUT2D eigenvalue weighted by Gasteiger charge is -2.24. The number of benzene rings is 3. The number of ketones is 2. The molecule has 3 N–H and O–H groups in total. The Kier molecular flexibility index (Phi) is 10.1. The average Bonchev–Trinajstić information content (AvgIpc) is 3.69. The molecule has 5 rings (SSSR count). The van der Waals surface area contributed by atoms with Crippen LogP contribution in [0.5, 0.6) is 0 Å². The number of H-pyrrole nitrogens is 1. The molecule has 9 heteroatoms. The number of nitrogens with one attached hydrogen (secondary N) is 3. The van der Waals surface area contributed by atoms with Gasteiger partial charge in [-0.1, -0.05) is 85.8 Å². The first-order valence-corrected chi connectivity index (χ1v) is 15.3. The first-order chi connectivity index (χ1) is 21.8. The van der Waals surface area contributed by atoms with Gasteiger partial charge in [-0.15, -0.1) is 0 Å². The van der Waals surface area contributed by atoms with E-state index >= 15 is 0 Å². The molecule has 1 saturated heterocycles. The predicted octanol–water partition coefficient (Wildman–Crippen LogP) is 5.08. The van der Waals surface area contributed by atoms with Gasteiger partial charge in [-0.25, -0.2) is 4.79 Å². The summed E-state index contributed by atoms with van der Waals surface area (Å²) in [6.07, 6.45) is 1.88. The van der Waals surface area contributed by atoms with Crippen LogP contribution in [-0.2, 0) is 43.3 Å². The zero-order valence-electron chi connectivity index (χ0n) is 25.6. The third-order valence-corrected chi connectivity index (χ3v) is 8.28. The zero-order chi connectivity index (χ0) is 31.8. The quantitative estimate of drug-likeness (QED) is 0.161. The Bertz CT molecular complexity index is 1630. The number of carbonyl (C=O) groups excluding carboxylic acids is 4. The van der Waals surface area contributed by atoms with Crippen LogP contribution in [-0.4, -0.2) is 52.8 Å². The molecule has 1 aliphatic heterocycles. The molecule has 0 bridgehead atoms. The lowest BCUT2D eigenvalue weighted by molar-refractivity contribution is -0.134. The molecule has 0 radical (unpaired) electrons. The van der Waals surface area contributed by atoms with Gasteiger partial charge in [0.1, 0.15) is 12.2 Å². The molecular formula is C36H39N3O6. The van der Waals surface area contributed by atoms with E-state index < -0.39 is 35.6 Å². The Balaban J connectivity index is 1.33. The fourth-order valence-corrected chi connectivity index (χ4v) is 5.49. The number of epoxide rings is 1. The SMILES string of the molecule is CC[C@@H](NC(=O)OCc1ccccc1)C(=O)CC(Cc1c[nH]c2ccccc12)C(=O)N[C@@H](Cc1ccccc1)C(=O)[C@@]1(C)CO1. The largest absolute Gasteiger partial charge is 0.445 e. The van der Waals surface area contributed by atoms with Crippen molar-refractivity contribution in [2.75, 3.05) is 6.61 Å². The van der Waals surface area contributed by atoms with Crippen molar-refractivity contribution in [3.8, 4) is 0 Å². The molecule has 4 aromatic rings. The summed E-state index contributed by atoms with van der Waals surface area (Å²) in [5.41, 5.74) is 2.58. The number of para-hydroxylation sites is 1. The summed E-state index contributed by atoms with van der Waals surface area (Å²) in [5, 5.41) is 6.59. The summed E-state index contributed by atoms with van der Waals surface area (Å²) in [6.45, 7) is 3.89. The Morgan fingerprint density at radius 1 is 0.867 bits per heavy atom. The van der Waals surface area contributed by atoms with Crippen LogP contribution in [0.2, 0.25) is 0 Å². The molecule has 4 atom stereocenters. The van der Waals surface area contributed by atoms with Crippen molar-refractivity contribution in [3.05, 3.63) is 108 Å². The van der Waals surface area contributed by atoms with Crippen LogP contribution in [0.15, 0.2) is 91.1 Å². The highest BCUT2D eigenvalue weighted by atomic mass is 16.6. The van der Waals surface area contributed by atoms with Crippen molar-refractivity contribution in [2.45, 2.75) is 63.8 Å². The van der Waals surface area contributed by atoms with Gasteiger partial charge in [0.05, 0.1) is 18.7 Å². The van der Waals surface area contributed by atoms with E-state index in [1.165, 1.54) is 0 Å². The molecule has 9 nitrogen and oxygen atoms in total. The number of carbonyl (C=O) groups is 4. The lowest BCUT2D eigenvalue weighted by atomic mass is 9.89. The second kappa shape index (κ2) is 14.3. The zero-order valence-corrected chi connectivity index (χ0v) is 25.6. The number of fused-ring (bicyclic) bond motifs is 1. The van der Waals surface area contributed by atoms with E-state index in [0.717, 1.165) is 27.6 Å². The topological polar surface area (TPSA) is 130 Å². The maximum Gasteiger partial charge on any atom is 0.408 e. The summed E-state index contributed by atoms with van der Waals surface area (Å²) in [6, 6.07) is 24.8. The number of hydrogen-bond donors (Lipinski definition) is 3. The Labute approximate surface area is 262 Å². The van der Waals surface area contributed by atoms with E-state index in [1.54, 1.807) is 13.8 Å². The first kappa shape index (κ1) is 31.7. The van der Waals surface area contributed by atoms with Crippen LogP contribution in [0.1, 0.15) is 43.4 Å². The number of aromatic amines is 1. The maximum absolute atomic E-state index is 14.0. The van der Waals surface area contributed by atoms with Gasteiger partial charge in [-0.2, -0.15) is 0 Å². The van der Waals surface area contributed by atoms with Gasteiger partial charge in [-0.3, -0.25) is 14.4 Å². The molecule has 2 amide bonds. The summed E-state index contributed by atoms with van der Waals surface area (Å²) >= 11 is 0. The van der Waals surface area contributed by atoms with E-state index in [0.29, 0.717) is 19.4 Å². The molecular weight excluding hydrogens is 570 g/mol. The Hall–Kier alpha value is -4.76. The standard InChI is InChI=1S/C36H39N3O6/c1-3-29(39-35(43)44-22-25-14-8-5-9-15-25)32(40)20-26(19-27-21-37-30-17-11-10-16-28(27)30)34(42)38-31(33(41)36(2)23-45-36)18-24-12-6-4-7-13-24/h4-17,21,26,29,31,37H,3,18-20,22-23H2,1-2H3,(H,38,42)(H,39,43)/t26?,29-,31+,36-/m1/s1. The Morgan fingerprint density at radius 2 is 1.51 bits per heavy atom. The van der Waals surface area contributed by atoms with E-state index in [2.05, 4.69) is 15.6 Å². The van der Waals surface area contributed by atoms with E-state index in [1.807, 2.05) is 91.1 Å². The summed E-state index contributed by atoms with van der Waals surface area (Å²) in [4.78, 5) is 56.9. The van der Waals surface area contributed by atoms with Crippen LogP contribution in [0, 0.1) is 5.92 Å². The molecule has 0 saturated carbocycles. The summed E-state index contributed by atoms with van der Waals surface area (Å²) in [5.74, 6) is -1.70. The second-order valence-electron chi connectivity index (χ2n) is 11.7. The van der Waals surface area contributed by atoms with Crippen LogP contribution < -0.4 is 10.6 Å². The smallest absolute Gasteiger partial charge is 0.408 e. The third kappa shape index (κ3) is 8.25. The normalized spacial score (nSPS) is 17.6. The van der Waals surface area contributed by atoms with Gasteiger partial charge in [0.2, 0.25) is 5.91 Å². The van der Waals surface area contributed by atoms with Gasteiger partial charge in [-0.05, 0) is 48.9 Å². The summed E-state index contributed by atoms with van der Waals surface area (Å²) < 4.78 is 10.8. The minimum atomic E-state index is -0.938. The molecule has 1 fully saturated rings. The average molecular weight is 610 g/mol. The number of aromatic nitrogens is 1. The highest BCUT2D eigenvalue weighted by molar-refractivity contribution is 5.98. The fourth-order valence-electron chi connectivity index (χ4n) is 5.49. The lowest BCUT2D eigenvalue weighted by Crippen LogP contribution is -2.50. The number of rotatable bonds is 15. The summed E-state index contributed by atoms with van der Waals surface area (Å²) in [7, 11) is 0. The maximum atomic E-state index is 14.0. The molecule has 2 heterocycles.